The molecule has 2 aromatic carbocycles. The fraction of sp³-hybridized carbons (Fsp3) is 0.409. The highest BCUT2D eigenvalue weighted by Gasteiger charge is 2.19. The molecule has 156 valence electrons. The molecule has 2 aromatic rings. The van der Waals surface area contributed by atoms with Crippen LogP contribution in [0.4, 0.5) is 10.5 Å². The van der Waals surface area contributed by atoms with Crippen LogP contribution in [0.2, 0.25) is 0 Å². The third kappa shape index (κ3) is 6.10. The lowest BCUT2D eigenvalue weighted by atomic mass is 10.2. The number of nitrogens with one attached hydrogen (secondary N) is 1. The second-order valence-corrected chi connectivity index (χ2v) is 6.85. The standard InChI is InChI=1S/C22H29N3O4/c1-27-20-8-5-7-19(16-20)23-22(26)25(11-10-24-12-14-29-15-13-24)17-18-6-3-4-9-21(18)28-2/h3-9,16H,10-15,17H2,1-2H3,(H,23,26). The van der Waals surface area contributed by atoms with Crippen molar-refractivity contribution in [1.29, 1.82) is 0 Å². The van der Waals surface area contributed by atoms with Gasteiger partial charge in [-0.3, -0.25) is 4.90 Å². The van der Waals surface area contributed by atoms with Gasteiger partial charge in [0.05, 0.1) is 34.0 Å². The van der Waals surface area contributed by atoms with Gasteiger partial charge in [0, 0.05) is 43.5 Å². The fourth-order valence-electron chi connectivity index (χ4n) is 3.28. The minimum absolute atomic E-state index is 0.155. The van der Waals surface area contributed by atoms with Crippen molar-refractivity contribution in [2.45, 2.75) is 6.54 Å². The van der Waals surface area contributed by atoms with E-state index in [1.54, 1.807) is 20.3 Å². The number of methoxy groups -OCH3 is 2. The first kappa shape index (κ1) is 21.0. The van der Waals surface area contributed by atoms with Crippen LogP contribution in [0.15, 0.2) is 48.5 Å². The molecule has 3 rings (SSSR count). The number of amides is 2. The second-order valence-electron chi connectivity index (χ2n) is 6.85. The number of benzene rings is 2. The molecule has 0 saturated carbocycles. The molecule has 0 unspecified atom stereocenters. The van der Waals surface area contributed by atoms with Gasteiger partial charge < -0.3 is 24.4 Å². The number of para-hydroxylation sites is 1. The zero-order valence-corrected chi connectivity index (χ0v) is 17.1. The topological polar surface area (TPSA) is 63.3 Å². The largest absolute Gasteiger partial charge is 0.497 e. The predicted octanol–water partition coefficient (Wildman–Crippen LogP) is 3.07. The van der Waals surface area contributed by atoms with Gasteiger partial charge in [-0.15, -0.1) is 0 Å². The lowest BCUT2D eigenvalue weighted by Crippen LogP contribution is -2.44. The van der Waals surface area contributed by atoms with Gasteiger partial charge in [0.15, 0.2) is 0 Å². The quantitative estimate of drug-likeness (QED) is 0.739. The van der Waals surface area contributed by atoms with E-state index in [0.29, 0.717) is 24.5 Å². The van der Waals surface area contributed by atoms with E-state index >= 15 is 0 Å². The summed E-state index contributed by atoms with van der Waals surface area (Å²) < 4.78 is 16.1. The minimum Gasteiger partial charge on any atom is -0.497 e. The lowest BCUT2D eigenvalue weighted by molar-refractivity contribution is 0.0349. The Hall–Kier alpha value is -2.77. The zero-order chi connectivity index (χ0) is 20.5. The van der Waals surface area contributed by atoms with Crippen molar-refractivity contribution in [3.63, 3.8) is 0 Å². The number of urea groups is 1. The maximum absolute atomic E-state index is 13.1. The summed E-state index contributed by atoms with van der Waals surface area (Å²) >= 11 is 0. The Bertz CT molecular complexity index is 793. The summed E-state index contributed by atoms with van der Waals surface area (Å²) in [7, 11) is 3.25. The van der Waals surface area contributed by atoms with Crippen LogP contribution in [0.25, 0.3) is 0 Å². The van der Waals surface area contributed by atoms with Gasteiger partial charge in [0.1, 0.15) is 11.5 Å². The first-order chi connectivity index (χ1) is 14.2. The van der Waals surface area contributed by atoms with Crippen molar-refractivity contribution < 1.29 is 19.0 Å². The van der Waals surface area contributed by atoms with Gasteiger partial charge in [0.25, 0.3) is 0 Å². The molecule has 1 aliphatic heterocycles. The van der Waals surface area contributed by atoms with Crippen molar-refractivity contribution in [1.82, 2.24) is 9.80 Å². The van der Waals surface area contributed by atoms with Gasteiger partial charge in [-0.2, -0.15) is 0 Å². The molecule has 29 heavy (non-hydrogen) atoms. The molecule has 1 aliphatic rings. The number of morpholine rings is 1. The average molecular weight is 399 g/mol. The Balaban J connectivity index is 1.72. The summed E-state index contributed by atoms with van der Waals surface area (Å²) in [6, 6.07) is 15.0. The highest BCUT2D eigenvalue weighted by atomic mass is 16.5. The van der Waals surface area contributed by atoms with Crippen molar-refractivity contribution in [3.8, 4) is 11.5 Å². The highest BCUT2D eigenvalue weighted by Crippen LogP contribution is 2.21. The maximum atomic E-state index is 13.1. The van der Waals surface area contributed by atoms with Crippen LogP contribution in [0.5, 0.6) is 11.5 Å². The molecule has 7 nitrogen and oxygen atoms in total. The van der Waals surface area contributed by atoms with Crippen LogP contribution in [0, 0.1) is 0 Å². The molecule has 0 spiro atoms. The number of hydrogen-bond acceptors (Lipinski definition) is 5. The molecule has 0 bridgehead atoms. The number of anilines is 1. The number of nitrogens with zero attached hydrogens (tertiary/aromatic N) is 2. The molecule has 7 heteroatoms. The first-order valence-corrected chi connectivity index (χ1v) is 9.81. The van der Waals surface area contributed by atoms with E-state index in [2.05, 4.69) is 10.2 Å². The van der Waals surface area contributed by atoms with Gasteiger partial charge in [-0.25, -0.2) is 4.79 Å². The molecular formula is C22H29N3O4. The SMILES string of the molecule is COc1cccc(NC(=O)N(CCN2CCOCC2)Cc2ccccc2OC)c1. The Morgan fingerprint density at radius 1 is 1.10 bits per heavy atom. The zero-order valence-electron chi connectivity index (χ0n) is 17.1. The van der Waals surface area contributed by atoms with E-state index in [1.165, 1.54) is 0 Å². The Labute approximate surface area is 172 Å². The Kier molecular flexibility index (Phi) is 7.72. The van der Waals surface area contributed by atoms with Crippen molar-refractivity contribution in [2.75, 3.05) is 58.9 Å². The van der Waals surface area contributed by atoms with Gasteiger partial charge in [-0.05, 0) is 18.2 Å². The molecule has 0 radical (unpaired) electrons. The number of carbonyl (C=O) groups is 1. The van der Waals surface area contributed by atoms with Gasteiger partial charge >= 0.3 is 6.03 Å². The summed E-state index contributed by atoms with van der Waals surface area (Å²) in [6.45, 7) is 5.12. The van der Waals surface area contributed by atoms with Crippen LogP contribution >= 0.6 is 0 Å². The van der Waals surface area contributed by atoms with Crippen molar-refractivity contribution in [3.05, 3.63) is 54.1 Å². The van der Waals surface area contributed by atoms with E-state index < -0.39 is 0 Å². The van der Waals surface area contributed by atoms with Crippen LogP contribution in [0.1, 0.15) is 5.56 Å². The van der Waals surface area contributed by atoms with Gasteiger partial charge in [-0.1, -0.05) is 24.3 Å². The number of carbonyl (C=O) groups excluding carboxylic acids is 1. The normalized spacial score (nSPS) is 14.3. The third-order valence-electron chi connectivity index (χ3n) is 4.95. The maximum Gasteiger partial charge on any atom is 0.322 e. The molecule has 1 N–H and O–H groups in total. The molecule has 0 aliphatic carbocycles. The molecule has 1 saturated heterocycles. The molecular weight excluding hydrogens is 370 g/mol. The third-order valence-corrected chi connectivity index (χ3v) is 4.95. The lowest BCUT2D eigenvalue weighted by Gasteiger charge is -2.30. The van der Waals surface area contributed by atoms with E-state index in [-0.39, 0.29) is 6.03 Å². The minimum atomic E-state index is -0.155. The Morgan fingerprint density at radius 3 is 2.66 bits per heavy atom. The van der Waals surface area contributed by atoms with Crippen LogP contribution in [0.3, 0.4) is 0 Å². The van der Waals surface area contributed by atoms with E-state index in [1.807, 2.05) is 47.4 Å². The predicted molar refractivity (Wildman–Crippen MR) is 113 cm³/mol. The summed E-state index contributed by atoms with van der Waals surface area (Å²) in [5, 5.41) is 2.99. The molecule has 0 atom stereocenters. The first-order valence-electron chi connectivity index (χ1n) is 9.81. The van der Waals surface area contributed by atoms with Crippen LogP contribution in [-0.4, -0.2) is 69.4 Å². The van der Waals surface area contributed by atoms with Gasteiger partial charge in [0.2, 0.25) is 0 Å². The molecule has 1 heterocycles. The monoisotopic (exact) mass is 399 g/mol. The smallest absolute Gasteiger partial charge is 0.322 e. The van der Waals surface area contributed by atoms with E-state index in [0.717, 1.165) is 44.2 Å². The molecule has 0 aromatic heterocycles. The number of hydrogen-bond donors (Lipinski definition) is 1. The second kappa shape index (κ2) is 10.7. The number of ether oxygens (including phenoxy) is 3. The summed E-state index contributed by atoms with van der Waals surface area (Å²) in [4.78, 5) is 17.2. The summed E-state index contributed by atoms with van der Waals surface area (Å²) in [5.74, 6) is 1.48. The number of rotatable bonds is 8. The Morgan fingerprint density at radius 2 is 1.90 bits per heavy atom. The van der Waals surface area contributed by atoms with Crippen molar-refractivity contribution in [2.24, 2.45) is 0 Å². The fourth-order valence-corrected chi connectivity index (χ4v) is 3.28. The molecule has 1 fully saturated rings. The summed E-state index contributed by atoms with van der Waals surface area (Å²) in [5.41, 5.74) is 1.67. The average Bonchev–Trinajstić information content (AvgIpc) is 2.77. The van der Waals surface area contributed by atoms with E-state index in [4.69, 9.17) is 14.2 Å². The summed E-state index contributed by atoms with van der Waals surface area (Å²) in [6.07, 6.45) is 0. The molecule has 2 amide bonds. The van der Waals surface area contributed by atoms with Crippen LogP contribution in [-0.2, 0) is 11.3 Å². The van der Waals surface area contributed by atoms with E-state index in [9.17, 15) is 4.79 Å². The van der Waals surface area contributed by atoms with Crippen molar-refractivity contribution >= 4 is 11.7 Å². The van der Waals surface area contributed by atoms with Crippen LogP contribution < -0.4 is 14.8 Å². The highest BCUT2D eigenvalue weighted by molar-refractivity contribution is 5.89.